The van der Waals surface area contributed by atoms with E-state index in [1.165, 1.54) is 0 Å². The summed E-state index contributed by atoms with van der Waals surface area (Å²) in [6.07, 6.45) is -5.61. The Labute approximate surface area is 97.7 Å². The number of hydrogen-bond donors (Lipinski definition) is 0. The standard InChI is InChI=1S/C10H16F3NO3/c1-3-6-14(7-9(16)17-2)8(15)4-5-10(11,12)13/h3-7H2,1-2H3. The molecular formula is C10H16F3NO3. The molecule has 0 aromatic rings. The topological polar surface area (TPSA) is 46.6 Å². The summed E-state index contributed by atoms with van der Waals surface area (Å²) in [5.74, 6) is -1.33. The molecule has 7 heteroatoms. The van der Waals surface area contributed by atoms with Crippen LogP contribution in [0.1, 0.15) is 26.2 Å². The van der Waals surface area contributed by atoms with Crippen LogP contribution < -0.4 is 0 Å². The molecule has 0 saturated carbocycles. The first kappa shape index (κ1) is 15.7. The van der Waals surface area contributed by atoms with Gasteiger partial charge in [0.05, 0.1) is 13.5 Å². The molecule has 0 aliphatic carbocycles. The van der Waals surface area contributed by atoms with Crippen molar-refractivity contribution in [2.75, 3.05) is 20.2 Å². The van der Waals surface area contributed by atoms with Crippen LogP contribution in [0.25, 0.3) is 0 Å². The second kappa shape index (κ2) is 7.13. The van der Waals surface area contributed by atoms with Gasteiger partial charge in [-0.1, -0.05) is 6.92 Å². The molecule has 0 spiro atoms. The van der Waals surface area contributed by atoms with Gasteiger partial charge >= 0.3 is 12.1 Å². The Morgan fingerprint density at radius 3 is 2.29 bits per heavy atom. The Kier molecular flexibility index (Phi) is 6.60. The van der Waals surface area contributed by atoms with Crippen molar-refractivity contribution in [2.45, 2.75) is 32.4 Å². The predicted molar refractivity (Wildman–Crippen MR) is 54.2 cm³/mol. The van der Waals surface area contributed by atoms with Crippen LogP contribution in [0, 0.1) is 0 Å². The summed E-state index contributed by atoms with van der Waals surface area (Å²) in [6.45, 7) is 1.70. The molecule has 0 saturated heterocycles. The van der Waals surface area contributed by atoms with E-state index in [2.05, 4.69) is 4.74 Å². The number of methoxy groups -OCH3 is 1. The second-order valence-corrected chi connectivity index (χ2v) is 3.51. The molecule has 0 atom stereocenters. The van der Waals surface area contributed by atoms with Gasteiger partial charge in [-0.05, 0) is 6.42 Å². The lowest BCUT2D eigenvalue weighted by Gasteiger charge is -2.21. The van der Waals surface area contributed by atoms with Gasteiger partial charge < -0.3 is 9.64 Å². The van der Waals surface area contributed by atoms with E-state index in [-0.39, 0.29) is 13.1 Å². The zero-order valence-electron chi connectivity index (χ0n) is 9.84. The van der Waals surface area contributed by atoms with E-state index in [9.17, 15) is 22.8 Å². The maximum Gasteiger partial charge on any atom is 0.389 e. The summed E-state index contributed by atoms with van der Waals surface area (Å²) in [5, 5.41) is 0. The number of rotatable bonds is 6. The molecule has 0 rings (SSSR count). The number of esters is 1. The van der Waals surface area contributed by atoms with Gasteiger partial charge in [0.1, 0.15) is 6.54 Å². The number of alkyl halides is 3. The van der Waals surface area contributed by atoms with E-state index in [1.807, 2.05) is 0 Å². The van der Waals surface area contributed by atoms with Crippen molar-refractivity contribution in [3.8, 4) is 0 Å². The molecule has 4 nitrogen and oxygen atoms in total. The van der Waals surface area contributed by atoms with Crippen molar-refractivity contribution < 1.29 is 27.5 Å². The lowest BCUT2D eigenvalue weighted by atomic mass is 10.2. The molecule has 0 radical (unpaired) electrons. The minimum atomic E-state index is -4.36. The molecule has 0 aliphatic heterocycles. The normalized spacial score (nSPS) is 11.1. The summed E-state index contributed by atoms with van der Waals surface area (Å²) in [7, 11) is 1.16. The molecule has 0 aliphatic rings. The highest BCUT2D eigenvalue weighted by Crippen LogP contribution is 2.21. The van der Waals surface area contributed by atoms with Gasteiger partial charge in [0.2, 0.25) is 5.91 Å². The number of nitrogens with zero attached hydrogens (tertiary/aromatic N) is 1. The Bertz CT molecular complexity index is 266. The zero-order valence-corrected chi connectivity index (χ0v) is 9.84. The fraction of sp³-hybridized carbons (Fsp3) is 0.800. The Morgan fingerprint density at radius 1 is 1.29 bits per heavy atom. The van der Waals surface area contributed by atoms with Gasteiger partial charge in [0.25, 0.3) is 0 Å². The maximum atomic E-state index is 11.9. The Morgan fingerprint density at radius 2 is 1.88 bits per heavy atom. The van der Waals surface area contributed by atoms with Crippen molar-refractivity contribution in [3.05, 3.63) is 0 Å². The van der Waals surface area contributed by atoms with E-state index in [0.717, 1.165) is 12.0 Å². The maximum absolute atomic E-state index is 11.9. The monoisotopic (exact) mass is 255 g/mol. The quantitative estimate of drug-likeness (QED) is 0.679. The first-order valence-electron chi connectivity index (χ1n) is 5.21. The van der Waals surface area contributed by atoms with Crippen LogP contribution in [0.4, 0.5) is 13.2 Å². The largest absolute Gasteiger partial charge is 0.468 e. The van der Waals surface area contributed by atoms with Gasteiger partial charge in [-0.3, -0.25) is 9.59 Å². The van der Waals surface area contributed by atoms with Crippen LogP contribution in [0.15, 0.2) is 0 Å². The van der Waals surface area contributed by atoms with Crippen LogP contribution in [0.5, 0.6) is 0 Å². The average molecular weight is 255 g/mol. The molecule has 100 valence electrons. The highest BCUT2D eigenvalue weighted by molar-refractivity contribution is 5.82. The molecule has 17 heavy (non-hydrogen) atoms. The fourth-order valence-electron chi connectivity index (χ4n) is 1.19. The smallest absolute Gasteiger partial charge is 0.389 e. The third-order valence-electron chi connectivity index (χ3n) is 2.02. The SMILES string of the molecule is CCCN(CC(=O)OC)C(=O)CCC(F)(F)F. The average Bonchev–Trinajstić information content (AvgIpc) is 2.24. The summed E-state index contributed by atoms with van der Waals surface area (Å²) in [6, 6.07) is 0. The third kappa shape index (κ3) is 7.59. The van der Waals surface area contributed by atoms with Crippen LogP contribution in [-0.4, -0.2) is 43.2 Å². The summed E-state index contributed by atoms with van der Waals surface area (Å²) in [4.78, 5) is 23.5. The highest BCUT2D eigenvalue weighted by Gasteiger charge is 2.29. The number of halogens is 3. The lowest BCUT2D eigenvalue weighted by molar-refractivity contribution is -0.153. The number of ether oxygens (including phenoxy) is 1. The third-order valence-corrected chi connectivity index (χ3v) is 2.02. The number of hydrogen-bond acceptors (Lipinski definition) is 3. The molecule has 0 aromatic carbocycles. The van der Waals surface area contributed by atoms with Crippen molar-refractivity contribution >= 4 is 11.9 Å². The van der Waals surface area contributed by atoms with Crippen LogP contribution in [-0.2, 0) is 14.3 Å². The summed E-state index contributed by atoms with van der Waals surface area (Å²) < 4.78 is 40.2. The molecule has 1 amide bonds. The van der Waals surface area contributed by atoms with Gasteiger partial charge in [-0.15, -0.1) is 0 Å². The van der Waals surface area contributed by atoms with Gasteiger partial charge in [-0.25, -0.2) is 0 Å². The molecule has 0 bridgehead atoms. The number of carbonyl (C=O) groups excluding carboxylic acids is 2. The molecular weight excluding hydrogens is 239 g/mol. The van der Waals surface area contributed by atoms with Crippen molar-refractivity contribution in [2.24, 2.45) is 0 Å². The van der Waals surface area contributed by atoms with Crippen molar-refractivity contribution in [3.63, 3.8) is 0 Å². The summed E-state index contributed by atoms with van der Waals surface area (Å²) in [5.41, 5.74) is 0. The van der Waals surface area contributed by atoms with Gasteiger partial charge in [0.15, 0.2) is 0 Å². The highest BCUT2D eigenvalue weighted by atomic mass is 19.4. The zero-order chi connectivity index (χ0) is 13.5. The fourth-order valence-corrected chi connectivity index (χ4v) is 1.19. The van der Waals surface area contributed by atoms with Gasteiger partial charge in [0, 0.05) is 13.0 Å². The van der Waals surface area contributed by atoms with Gasteiger partial charge in [-0.2, -0.15) is 13.2 Å². The first-order valence-corrected chi connectivity index (χ1v) is 5.21. The van der Waals surface area contributed by atoms with E-state index in [0.29, 0.717) is 6.42 Å². The van der Waals surface area contributed by atoms with E-state index < -0.39 is 30.9 Å². The molecule has 0 N–H and O–H groups in total. The number of carbonyl (C=O) groups is 2. The first-order chi connectivity index (χ1) is 7.80. The van der Waals surface area contributed by atoms with E-state index in [1.54, 1.807) is 6.92 Å². The lowest BCUT2D eigenvalue weighted by Crippen LogP contribution is -2.37. The molecule has 0 fully saturated rings. The van der Waals surface area contributed by atoms with E-state index in [4.69, 9.17) is 0 Å². The Hall–Kier alpha value is -1.27. The molecule has 0 aromatic heterocycles. The predicted octanol–water partition coefficient (Wildman–Crippen LogP) is 1.74. The Balaban J connectivity index is 4.29. The molecule has 0 unspecified atom stereocenters. The summed E-state index contributed by atoms with van der Waals surface area (Å²) >= 11 is 0. The second-order valence-electron chi connectivity index (χ2n) is 3.51. The minimum absolute atomic E-state index is 0.242. The van der Waals surface area contributed by atoms with Crippen molar-refractivity contribution in [1.82, 2.24) is 4.90 Å². The molecule has 0 heterocycles. The number of amides is 1. The minimum Gasteiger partial charge on any atom is -0.468 e. The van der Waals surface area contributed by atoms with Crippen LogP contribution in [0.3, 0.4) is 0 Å². The van der Waals surface area contributed by atoms with Crippen LogP contribution >= 0.6 is 0 Å². The van der Waals surface area contributed by atoms with E-state index >= 15 is 0 Å². The van der Waals surface area contributed by atoms with Crippen molar-refractivity contribution in [1.29, 1.82) is 0 Å². The van der Waals surface area contributed by atoms with Crippen LogP contribution in [0.2, 0.25) is 0 Å².